The number of ether oxygens (including phenoxy) is 1. The SMILES string of the molecule is CC(C)(CNC(=O)CCC(=O)N1Cc2ccccc2C#Cc2ccccc21)COCC(C)(C)CC(=O)ON1C(=O)CCC1=O. The van der Waals surface area contributed by atoms with Crippen molar-refractivity contribution >= 4 is 35.3 Å². The van der Waals surface area contributed by atoms with Crippen LogP contribution >= 0.6 is 0 Å². The van der Waals surface area contributed by atoms with E-state index < -0.39 is 28.6 Å². The van der Waals surface area contributed by atoms with Gasteiger partial charge in [-0.25, -0.2) is 4.79 Å². The predicted octanol–water partition coefficient (Wildman–Crippen LogP) is 3.90. The third-order valence-electron chi connectivity index (χ3n) is 7.31. The van der Waals surface area contributed by atoms with E-state index in [1.165, 1.54) is 0 Å². The van der Waals surface area contributed by atoms with E-state index in [0.717, 1.165) is 22.4 Å². The second-order valence-electron chi connectivity index (χ2n) is 12.7. The number of nitrogens with zero attached hydrogens (tertiary/aromatic N) is 2. The maximum absolute atomic E-state index is 13.4. The van der Waals surface area contributed by atoms with Gasteiger partial charge in [-0.15, -0.1) is 5.06 Å². The van der Waals surface area contributed by atoms with Crippen molar-refractivity contribution in [3.63, 3.8) is 0 Å². The van der Waals surface area contributed by atoms with Crippen LogP contribution in [0.15, 0.2) is 48.5 Å². The first-order chi connectivity index (χ1) is 20.8. The lowest BCUT2D eigenvalue weighted by molar-refractivity contribution is -0.199. The third kappa shape index (κ3) is 8.77. The molecule has 2 aliphatic rings. The number of nitrogens with one attached hydrogen (secondary N) is 1. The van der Waals surface area contributed by atoms with Crippen molar-refractivity contribution in [2.45, 2.75) is 66.3 Å². The number of amides is 4. The number of fused-ring (bicyclic) bond motifs is 2. The molecule has 4 amide bonds. The Morgan fingerprint density at radius 1 is 0.841 bits per heavy atom. The van der Waals surface area contributed by atoms with Gasteiger partial charge in [0.2, 0.25) is 11.8 Å². The molecule has 2 aliphatic heterocycles. The van der Waals surface area contributed by atoms with E-state index in [9.17, 15) is 24.0 Å². The average molecular weight is 602 g/mol. The zero-order valence-corrected chi connectivity index (χ0v) is 25.7. The van der Waals surface area contributed by atoms with Crippen molar-refractivity contribution in [3.05, 3.63) is 65.2 Å². The third-order valence-corrected chi connectivity index (χ3v) is 7.31. The van der Waals surface area contributed by atoms with Crippen molar-refractivity contribution in [2.24, 2.45) is 10.8 Å². The molecule has 0 aliphatic carbocycles. The van der Waals surface area contributed by atoms with E-state index in [0.29, 0.717) is 24.8 Å². The number of carbonyl (C=O) groups excluding carboxylic acids is 5. The van der Waals surface area contributed by atoms with Crippen molar-refractivity contribution < 1.29 is 33.5 Å². The molecule has 0 atom stereocenters. The molecule has 2 aromatic carbocycles. The molecule has 0 bridgehead atoms. The number of hydroxylamine groups is 2. The lowest BCUT2D eigenvalue weighted by atomic mass is 9.90. The first kappa shape index (κ1) is 32.4. The van der Waals surface area contributed by atoms with Crippen molar-refractivity contribution in [1.82, 2.24) is 10.4 Å². The number of para-hydroxylation sites is 1. The fraction of sp³-hybridized carbons (Fsp3) is 0.441. The topological polar surface area (TPSA) is 122 Å². The van der Waals surface area contributed by atoms with E-state index >= 15 is 0 Å². The monoisotopic (exact) mass is 601 g/mol. The Morgan fingerprint density at radius 3 is 2.18 bits per heavy atom. The summed E-state index contributed by atoms with van der Waals surface area (Å²) < 4.78 is 5.89. The van der Waals surface area contributed by atoms with Gasteiger partial charge in [0.05, 0.1) is 31.9 Å². The fourth-order valence-corrected chi connectivity index (χ4v) is 4.88. The summed E-state index contributed by atoms with van der Waals surface area (Å²) in [5, 5.41) is 3.45. The molecular formula is C34H39N3O7. The van der Waals surface area contributed by atoms with Crippen molar-refractivity contribution in [2.75, 3.05) is 24.7 Å². The maximum Gasteiger partial charge on any atom is 0.333 e. The first-order valence-electron chi connectivity index (χ1n) is 14.7. The molecule has 0 unspecified atom stereocenters. The zero-order valence-electron chi connectivity index (χ0n) is 25.7. The first-order valence-corrected chi connectivity index (χ1v) is 14.7. The number of hydrogen-bond donors (Lipinski definition) is 1. The molecule has 44 heavy (non-hydrogen) atoms. The smallest absolute Gasteiger partial charge is 0.333 e. The van der Waals surface area contributed by atoms with Gasteiger partial charge in [-0.2, -0.15) is 0 Å². The van der Waals surface area contributed by atoms with Gasteiger partial charge < -0.3 is 19.8 Å². The molecule has 0 radical (unpaired) electrons. The van der Waals surface area contributed by atoms with E-state index in [-0.39, 0.29) is 50.5 Å². The van der Waals surface area contributed by atoms with Crippen LogP contribution in [-0.2, 0) is 40.1 Å². The molecule has 232 valence electrons. The average Bonchev–Trinajstić information content (AvgIpc) is 3.27. The lowest BCUT2D eigenvalue weighted by Crippen LogP contribution is -2.39. The summed E-state index contributed by atoms with van der Waals surface area (Å²) >= 11 is 0. The number of imide groups is 1. The Morgan fingerprint density at radius 2 is 1.45 bits per heavy atom. The van der Waals surface area contributed by atoms with Crippen LogP contribution < -0.4 is 10.2 Å². The summed E-state index contributed by atoms with van der Waals surface area (Å²) in [4.78, 5) is 68.5. The van der Waals surface area contributed by atoms with Gasteiger partial charge in [0.15, 0.2) is 0 Å². The molecule has 4 rings (SSSR count). The van der Waals surface area contributed by atoms with Gasteiger partial charge in [0, 0.05) is 48.8 Å². The molecule has 1 N–H and O–H groups in total. The van der Waals surface area contributed by atoms with Gasteiger partial charge >= 0.3 is 5.97 Å². The molecule has 0 saturated carbocycles. The van der Waals surface area contributed by atoms with E-state index in [1.54, 1.807) is 4.90 Å². The van der Waals surface area contributed by atoms with Crippen LogP contribution in [0.4, 0.5) is 5.69 Å². The quantitative estimate of drug-likeness (QED) is 0.289. The minimum atomic E-state index is -0.681. The molecule has 1 saturated heterocycles. The van der Waals surface area contributed by atoms with Gasteiger partial charge in [0.1, 0.15) is 0 Å². The second-order valence-corrected chi connectivity index (χ2v) is 12.7. The minimum absolute atomic E-state index is 0.0399. The molecular weight excluding hydrogens is 562 g/mol. The van der Waals surface area contributed by atoms with Crippen LogP contribution in [0.5, 0.6) is 0 Å². The van der Waals surface area contributed by atoms with Crippen LogP contribution in [-0.4, -0.2) is 54.4 Å². The fourth-order valence-electron chi connectivity index (χ4n) is 4.88. The largest absolute Gasteiger partial charge is 0.380 e. The van der Waals surface area contributed by atoms with Crippen molar-refractivity contribution in [1.29, 1.82) is 0 Å². The maximum atomic E-state index is 13.4. The molecule has 0 aromatic heterocycles. The number of benzene rings is 2. The van der Waals surface area contributed by atoms with E-state index in [4.69, 9.17) is 9.57 Å². The molecule has 2 heterocycles. The van der Waals surface area contributed by atoms with Gasteiger partial charge in [-0.3, -0.25) is 19.2 Å². The van der Waals surface area contributed by atoms with Crippen LogP contribution in [0.25, 0.3) is 0 Å². The van der Waals surface area contributed by atoms with E-state index in [1.807, 2.05) is 76.2 Å². The zero-order chi connectivity index (χ0) is 31.9. The molecule has 10 nitrogen and oxygen atoms in total. The molecule has 2 aromatic rings. The summed E-state index contributed by atoms with van der Waals surface area (Å²) in [6.07, 6.45) is 0.121. The van der Waals surface area contributed by atoms with Crippen LogP contribution in [0.1, 0.15) is 76.5 Å². The number of hydrogen-bond acceptors (Lipinski definition) is 7. The van der Waals surface area contributed by atoms with Crippen LogP contribution in [0.3, 0.4) is 0 Å². The van der Waals surface area contributed by atoms with Crippen LogP contribution in [0, 0.1) is 22.7 Å². The summed E-state index contributed by atoms with van der Waals surface area (Å²) in [6, 6.07) is 15.3. The highest BCUT2D eigenvalue weighted by atomic mass is 16.7. The Labute approximate surface area is 258 Å². The molecule has 10 heteroatoms. The summed E-state index contributed by atoms with van der Waals surface area (Å²) in [5.74, 6) is 4.26. The Bertz CT molecular complexity index is 1490. The normalized spacial score (nSPS) is 14.5. The number of carbonyl (C=O) groups is 5. The minimum Gasteiger partial charge on any atom is -0.380 e. The highest BCUT2D eigenvalue weighted by Crippen LogP contribution is 2.27. The second kappa shape index (κ2) is 13.9. The van der Waals surface area contributed by atoms with Crippen LogP contribution in [0.2, 0.25) is 0 Å². The summed E-state index contributed by atoms with van der Waals surface area (Å²) in [5.41, 5.74) is 2.28. The number of anilines is 1. The van der Waals surface area contributed by atoms with E-state index in [2.05, 4.69) is 17.2 Å². The van der Waals surface area contributed by atoms with Crippen molar-refractivity contribution in [3.8, 4) is 11.8 Å². The molecule has 1 fully saturated rings. The van der Waals surface area contributed by atoms with Gasteiger partial charge in [-0.05, 0) is 29.2 Å². The lowest BCUT2D eigenvalue weighted by Gasteiger charge is -2.29. The summed E-state index contributed by atoms with van der Waals surface area (Å²) in [7, 11) is 0. The standard InChI is InChI=1S/C34H39N3O7/c1-33(2,19-32(42)44-37-30(40)17-18-31(37)41)22-43-23-34(3,4)21-35-28(38)15-16-29(39)36-20-26-11-6-5-9-24(26)13-14-25-10-7-8-12-27(25)36/h5-12H,15-23H2,1-4H3,(H,35,38). The highest BCUT2D eigenvalue weighted by Gasteiger charge is 2.34. The van der Waals surface area contributed by atoms with Gasteiger partial charge in [0.25, 0.3) is 11.8 Å². The Hall–Kier alpha value is -4.49. The Balaban J connectivity index is 1.22. The van der Waals surface area contributed by atoms with Gasteiger partial charge in [-0.1, -0.05) is 69.9 Å². The summed E-state index contributed by atoms with van der Waals surface area (Å²) in [6.45, 7) is 8.76. The molecule has 0 spiro atoms. The predicted molar refractivity (Wildman–Crippen MR) is 162 cm³/mol. The highest BCUT2D eigenvalue weighted by molar-refractivity contribution is 6.01. The Kier molecular flexibility index (Phi) is 10.2. The number of rotatable bonds is 12.